The quantitative estimate of drug-likeness (QED) is 0.804. The molecule has 0 radical (unpaired) electrons. The molecule has 0 aliphatic carbocycles. The van der Waals surface area contributed by atoms with Gasteiger partial charge in [-0.3, -0.25) is 4.79 Å². The fourth-order valence-corrected chi connectivity index (χ4v) is 1.89. The van der Waals surface area contributed by atoms with Gasteiger partial charge in [0.1, 0.15) is 5.75 Å². The minimum Gasteiger partial charge on any atom is -0.483 e. The smallest absolute Gasteiger partial charge is 0.172 e. The average Bonchev–Trinajstić information content (AvgIpc) is 2.26. The van der Waals surface area contributed by atoms with Gasteiger partial charge in [-0.05, 0) is 36.5 Å². The number of carbonyl (C=O) groups is 1. The van der Waals surface area contributed by atoms with Crippen molar-refractivity contribution in [1.29, 1.82) is 0 Å². The van der Waals surface area contributed by atoms with E-state index in [2.05, 4.69) is 32.9 Å². The van der Waals surface area contributed by atoms with Crippen molar-refractivity contribution >= 4 is 5.78 Å². The van der Waals surface area contributed by atoms with Gasteiger partial charge < -0.3 is 4.74 Å². The minimum atomic E-state index is -0.377. The number of benzene rings is 1. The summed E-state index contributed by atoms with van der Waals surface area (Å²) in [6.45, 7) is 12.2. The standard InChI is InChI=1S/C16H24O2/c1-7-14(17)12(3)18-15-10-11(2)8-9-13(15)16(4,5)6/h8-10,12H,7H2,1-6H3. The number of aryl methyl sites for hydroxylation is 1. The first kappa shape index (κ1) is 14.7. The molecule has 0 amide bonds. The largest absolute Gasteiger partial charge is 0.483 e. The van der Waals surface area contributed by atoms with Gasteiger partial charge in [0.2, 0.25) is 0 Å². The second-order valence-corrected chi connectivity index (χ2v) is 5.83. The van der Waals surface area contributed by atoms with Crippen LogP contribution in [0.2, 0.25) is 0 Å². The lowest BCUT2D eigenvalue weighted by molar-refractivity contribution is -0.124. The van der Waals surface area contributed by atoms with Crippen molar-refractivity contribution in [1.82, 2.24) is 0 Å². The summed E-state index contributed by atoms with van der Waals surface area (Å²) in [6.07, 6.45) is 0.135. The second-order valence-electron chi connectivity index (χ2n) is 5.83. The zero-order chi connectivity index (χ0) is 13.9. The first-order valence-electron chi connectivity index (χ1n) is 6.56. The number of Topliss-reactive ketones (excluding diaryl/α,β-unsaturated/α-hetero) is 1. The van der Waals surface area contributed by atoms with Crippen molar-refractivity contribution in [2.24, 2.45) is 0 Å². The molecule has 1 atom stereocenters. The van der Waals surface area contributed by atoms with E-state index in [0.717, 1.165) is 16.9 Å². The molecule has 1 rings (SSSR count). The van der Waals surface area contributed by atoms with Crippen molar-refractivity contribution in [2.45, 2.75) is 59.5 Å². The van der Waals surface area contributed by atoms with Crippen molar-refractivity contribution in [3.8, 4) is 5.75 Å². The van der Waals surface area contributed by atoms with Gasteiger partial charge in [-0.2, -0.15) is 0 Å². The number of carbonyl (C=O) groups excluding carboxylic acids is 1. The Kier molecular flexibility index (Phi) is 4.55. The molecule has 100 valence electrons. The summed E-state index contributed by atoms with van der Waals surface area (Å²) < 4.78 is 5.86. The number of hydrogen-bond acceptors (Lipinski definition) is 2. The summed E-state index contributed by atoms with van der Waals surface area (Å²) >= 11 is 0. The molecule has 2 nitrogen and oxygen atoms in total. The van der Waals surface area contributed by atoms with E-state index in [1.165, 1.54) is 0 Å². The maximum absolute atomic E-state index is 11.6. The molecule has 0 aliphatic rings. The lowest BCUT2D eigenvalue weighted by atomic mass is 9.86. The number of ether oxygens (including phenoxy) is 1. The Morgan fingerprint density at radius 1 is 1.33 bits per heavy atom. The average molecular weight is 248 g/mol. The molecule has 0 saturated heterocycles. The van der Waals surface area contributed by atoms with Gasteiger partial charge in [-0.15, -0.1) is 0 Å². The fourth-order valence-electron chi connectivity index (χ4n) is 1.89. The van der Waals surface area contributed by atoms with E-state index >= 15 is 0 Å². The summed E-state index contributed by atoms with van der Waals surface area (Å²) in [5.74, 6) is 0.966. The number of rotatable bonds is 4. The molecule has 1 aromatic rings. The Morgan fingerprint density at radius 2 is 1.94 bits per heavy atom. The molecule has 1 aromatic carbocycles. The highest BCUT2D eigenvalue weighted by molar-refractivity contribution is 5.82. The van der Waals surface area contributed by atoms with Crippen molar-refractivity contribution in [2.75, 3.05) is 0 Å². The maximum atomic E-state index is 11.6. The van der Waals surface area contributed by atoms with Gasteiger partial charge >= 0.3 is 0 Å². The van der Waals surface area contributed by atoms with E-state index in [1.54, 1.807) is 0 Å². The summed E-state index contributed by atoms with van der Waals surface area (Å²) in [5.41, 5.74) is 2.30. The molecule has 0 fully saturated rings. The van der Waals surface area contributed by atoms with Crippen LogP contribution in [-0.4, -0.2) is 11.9 Å². The third-order valence-corrected chi connectivity index (χ3v) is 3.05. The molecule has 0 N–H and O–H groups in total. The number of hydrogen-bond donors (Lipinski definition) is 0. The van der Waals surface area contributed by atoms with Crippen molar-refractivity contribution in [3.05, 3.63) is 29.3 Å². The van der Waals surface area contributed by atoms with Crippen LogP contribution in [0.15, 0.2) is 18.2 Å². The van der Waals surface area contributed by atoms with Crippen molar-refractivity contribution < 1.29 is 9.53 Å². The summed E-state index contributed by atoms with van der Waals surface area (Å²) in [4.78, 5) is 11.6. The van der Waals surface area contributed by atoms with Crippen LogP contribution in [0, 0.1) is 6.92 Å². The zero-order valence-corrected chi connectivity index (χ0v) is 12.3. The van der Waals surface area contributed by atoms with E-state index in [-0.39, 0.29) is 17.3 Å². The molecule has 0 saturated carbocycles. The van der Waals surface area contributed by atoms with Crippen LogP contribution >= 0.6 is 0 Å². The summed E-state index contributed by atoms with van der Waals surface area (Å²) in [5, 5.41) is 0. The lowest BCUT2D eigenvalue weighted by Crippen LogP contribution is -2.25. The molecule has 1 unspecified atom stereocenters. The Bertz CT molecular complexity index is 427. The van der Waals surface area contributed by atoms with Crippen LogP contribution in [0.4, 0.5) is 0 Å². The molecule has 0 aromatic heterocycles. The Morgan fingerprint density at radius 3 is 2.44 bits per heavy atom. The SMILES string of the molecule is CCC(=O)C(C)Oc1cc(C)ccc1C(C)(C)C. The molecule has 0 bridgehead atoms. The first-order valence-corrected chi connectivity index (χ1v) is 6.56. The van der Waals surface area contributed by atoms with Gasteiger partial charge in [-0.25, -0.2) is 0 Å². The molecular weight excluding hydrogens is 224 g/mol. The Labute approximate surface area is 110 Å². The monoisotopic (exact) mass is 248 g/mol. The van der Waals surface area contributed by atoms with Crippen molar-refractivity contribution in [3.63, 3.8) is 0 Å². The van der Waals surface area contributed by atoms with Gasteiger partial charge in [0.25, 0.3) is 0 Å². The molecule has 0 heterocycles. The van der Waals surface area contributed by atoms with E-state index in [9.17, 15) is 4.79 Å². The molecule has 2 heteroatoms. The Hall–Kier alpha value is -1.31. The van der Waals surface area contributed by atoms with Crippen LogP contribution in [0.1, 0.15) is 52.2 Å². The van der Waals surface area contributed by atoms with Crippen LogP contribution in [0.3, 0.4) is 0 Å². The Balaban J connectivity index is 3.07. The number of ketones is 1. The zero-order valence-electron chi connectivity index (χ0n) is 12.3. The van der Waals surface area contributed by atoms with E-state index in [0.29, 0.717) is 6.42 Å². The van der Waals surface area contributed by atoms with Crippen LogP contribution < -0.4 is 4.74 Å². The third kappa shape index (κ3) is 3.59. The highest BCUT2D eigenvalue weighted by Gasteiger charge is 2.21. The normalized spacial score (nSPS) is 13.2. The van der Waals surface area contributed by atoms with E-state index < -0.39 is 0 Å². The van der Waals surface area contributed by atoms with Gasteiger partial charge in [0.05, 0.1) is 0 Å². The molecule has 18 heavy (non-hydrogen) atoms. The van der Waals surface area contributed by atoms with E-state index in [4.69, 9.17) is 4.74 Å². The minimum absolute atomic E-state index is 0.0119. The molecule has 0 aliphatic heterocycles. The van der Waals surface area contributed by atoms with E-state index in [1.807, 2.05) is 26.8 Å². The van der Waals surface area contributed by atoms with Crippen LogP contribution in [0.5, 0.6) is 5.75 Å². The molecule has 0 spiro atoms. The second kappa shape index (κ2) is 5.55. The van der Waals surface area contributed by atoms with Crippen LogP contribution in [-0.2, 0) is 10.2 Å². The van der Waals surface area contributed by atoms with Gasteiger partial charge in [0.15, 0.2) is 11.9 Å². The van der Waals surface area contributed by atoms with Gasteiger partial charge in [0, 0.05) is 6.42 Å². The third-order valence-electron chi connectivity index (χ3n) is 3.05. The predicted molar refractivity (Wildman–Crippen MR) is 75.3 cm³/mol. The molecular formula is C16H24O2. The lowest BCUT2D eigenvalue weighted by Gasteiger charge is -2.25. The highest BCUT2D eigenvalue weighted by Crippen LogP contribution is 2.32. The highest BCUT2D eigenvalue weighted by atomic mass is 16.5. The first-order chi connectivity index (χ1) is 8.25. The predicted octanol–water partition coefficient (Wildman–Crippen LogP) is 4.04. The van der Waals surface area contributed by atoms with Crippen LogP contribution in [0.25, 0.3) is 0 Å². The van der Waals surface area contributed by atoms with Gasteiger partial charge in [-0.1, -0.05) is 39.8 Å². The topological polar surface area (TPSA) is 26.3 Å². The summed E-state index contributed by atoms with van der Waals surface area (Å²) in [6, 6.07) is 6.19. The summed E-state index contributed by atoms with van der Waals surface area (Å²) in [7, 11) is 0. The fraction of sp³-hybridized carbons (Fsp3) is 0.562. The maximum Gasteiger partial charge on any atom is 0.172 e.